The van der Waals surface area contributed by atoms with Crippen LogP contribution >= 0.6 is 0 Å². The lowest BCUT2D eigenvalue weighted by atomic mass is 10.0. The number of hydrogen-bond acceptors (Lipinski definition) is 4. The highest BCUT2D eigenvalue weighted by Crippen LogP contribution is 2.34. The second-order valence-electron chi connectivity index (χ2n) is 7.00. The molecule has 9 heteroatoms. The van der Waals surface area contributed by atoms with Gasteiger partial charge in [-0.25, -0.2) is 0 Å². The van der Waals surface area contributed by atoms with Gasteiger partial charge in [-0.2, -0.15) is 4.73 Å². The fourth-order valence-corrected chi connectivity index (χ4v) is 3.38. The molecule has 1 N–H and O–H groups in total. The Kier molecular flexibility index (Phi) is 5.41. The Morgan fingerprint density at radius 1 is 1.16 bits per heavy atom. The van der Waals surface area contributed by atoms with Gasteiger partial charge in [0.2, 0.25) is 0 Å². The maximum atomic E-state index is 12.5. The molecule has 1 unspecified atom stereocenters. The number of ether oxygens (including phenoxy) is 2. The SMILES string of the molecule is O=C(NCC1Cc2cc(-c3cccc(OC(F)(F)F)c3)ccc2O1)c1ccc[n+]([O-])c1. The van der Waals surface area contributed by atoms with Gasteiger partial charge in [-0.3, -0.25) is 4.79 Å². The Labute approximate surface area is 175 Å². The predicted molar refractivity (Wildman–Crippen MR) is 104 cm³/mol. The standard InChI is InChI=1S/C22H17F3N2O4/c23-22(24,25)31-18-5-1-3-14(10-18)15-6-7-20-17(9-15)11-19(30-20)12-26-21(28)16-4-2-8-27(29)13-16/h1-10,13,19H,11-12H2,(H,26,28). The van der Waals surface area contributed by atoms with E-state index in [2.05, 4.69) is 10.1 Å². The van der Waals surface area contributed by atoms with Crippen molar-refractivity contribution < 1.29 is 32.2 Å². The van der Waals surface area contributed by atoms with E-state index in [1.54, 1.807) is 18.2 Å². The lowest BCUT2D eigenvalue weighted by Gasteiger charge is -2.11. The largest absolute Gasteiger partial charge is 0.619 e. The first kappa shape index (κ1) is 20.5. The molecular weight excluding hydrogens is 413 g/mol. The molecule has 2 heterocycles. The maximum absolute atomic E-state index is 12.5. The van der Waals surface area contributed by atoms with Crippen LogP contribution in [0.15, 0.2) is 67.0 Å². The minimum absolute atomic E-state index is 0.242. The molecule has 31 heavy (non-hydrogen) atoms. The van der Waals surface area contributed by atoms with Crippen molar-refractivity contribution in [1.82, 2.24) is 5.32 Å². The lowest BCUT2D eigenvalue weighted by molar-refractivity contribution is -0.605. The third-order valence-electron chi connectivity index (χ3n) is 4.73. The summed E-state index contributed by atoms with van der Waals surface area (Å²) in [5.41, 5.74) is 2.44. The molecule has 0 bridgehead atoms. The van der Waals surface area contributed by atoms with E-state index in [1.807, 2.05) is 6.07 Å². The van der Waals surface area contributed by atoms with E-state index in [4.69, 9.17) is 4.74 Å². The molecule has 6 nitrogen and oxygen atoms in total. The summed E-state index contributed by atoms with van der Waals surface area (Å²) in [5, 5.41) is 14.0. The van der Waals surface area contributed by atoms with Gasteiger partial charge >= 0.3 is 6.36 Å². The molecular formula is C22H17F3N2O4. The van der Waals surface area contributed by atoms with Gasteiger partial charge in [0.25, 0.3) is 5.91 Å². The number of rotatable bonds is 5. The molecule has 0 radical (unpaired) electrons. The van der Waals surface area contributed by atoms with E-state index < -0.39 is 6.36 Å². The number of carbonyl (C=O) groups excluding carboxylic acids is 1. The van der Waals surface area contributed by atoms with Gasteiger partial charge in [-0.05, 0) is 47.0 Å². The van der Waals surface area contributed by atoms with Gasteiger partial charge in [0.05, 0.1) is 6.54 Å². The van der Waals surface area contributed by atoms with E-state index in [1.165, 1.54) is 42.7 Å². The third kappa shape index (κ3) is 5.06. The van der Waals surface area contributed by atoms with Crippen LogP contribution in [0, 0.1) is 5.21 Å². The lowest BCUT2D eigenvalue weighted by Crippen LogP contribution is -2.36. The van der Waals surface area contributed by atoms with E-state index >= 15 is 0 Å². The molecule has 3 aromatic rings. The maximum Gasteiger partial charge on any atom is 0.573 e. The van der Waals surface area contributed by atoms with Gasteiger partial charge in [0.1, 0.15) is 23.2 Å². The number of hydrogen-bond donors (Lipinski definition) is 1. The molecule has 160 valence electrons. The average Bonchev–Trinajstić information content (AvgIpc) is 3.13. The number of nitrogens with zero attached hydrogens (tertiary/aromatic N) is 1. The highest BCUT2D eigenvalue weighted by molar-refractivity contribution is 5.93. The van der Waals surface area contributed by atoms with Gasteiger partial charge in [0, 0.05) is 12.5 Å². The Morgan fingerprint density at radius 3 is 2.74 bits per heavy atom. The summed E-state index contributed by atoms with van der Waals surface area (Å²) in [7, 11) is 0. The number of nitrogens with one attached hydrogen (secondary N) is 1. The zero-order chi connectivity index (χ0) is 22.0. The second-order valence-corrected chi connectivity index (χ2v) is 7.00. The van der Waals surface area contributed by atoms with Gasteiger partial charge < -0.3 is 20.0 Å². The topological polar surface area (TPSA) is 74.5 Å². The molecule has 0 saturated carbocycles. The van der Waals surface area contributed by atoms with Gasteiger partial charge in [0.15, 0.2) is 12.4 Å². The van der Waals surface area contributed by atoms with Crippen molar-refractivity contribution in [1.29, 1.82) is 0 Å². The number of halogens is 3. The van der Waals surface area contributed by atoms with E-state index in [9.17, 15) is 23.2 Å². The first-order valence-electron chi connectivity index (χ1n) is 9.40. The first-order valence-corrected chi connectivity index (χ1v) is 9.40. The molecule has 2 aromatic carbocycles. The predicted octanol–water partition coefficient (Wildman–Crippen LogP) is 3.62. The van der Waals surface area contributed by atoms with Crippen molar-refractivity contribution in [2.24, 2.45) is 0 Å². The molecule has 1 aromatic heterocycles. The Morgan fingerprint density at radius 2 is 1.97 bits per heavy atom. The third-order valence-corrected chi connectivity index (χ3v) is 4.73. The molecule has 0 aliphatic carbocycles. The normalized spacial score (nSPS) is 15.1. The van der Waals surface area contributed by atoms with Crippen molar-refractivity contribution in [2.75, 3.05) is 6.54 Å². The fraction of sp³-hybridized carbons (Fsp3) is 0.182. The first-order chi connectivity index (χ1) is 14.8. The minimum Gasteiger partial charge on any atom is -0.619 e. The summed E-state index contributed by atoms with van der Waals surface area (Å²) >= 11 is 0. The van der Waals surface area contributed by atoms with Gasteiger partial charge in [-0.15, -0.1) is 13.2 Å². The molecule has 0 fully saturated rings. The highest BCUT2D eigenvalue weighted by Gasteiger charge is 2.31. The number of alkyl halides is 3. The summed E-state index contributed by atoms with van der Waals surface area (Å²) in [5.74, 6) is -0.0163. The molecule has 1 aliphatic rings. The Hall–Kier alpha value is -3.75. The smallest absolute Gasteiger partial charge is 0.573 e. The number of carbonyl (C=O) groups is 1. The summed E-state index contributed by atoms with van der Waals surface area (Å²) in [6.45, 7) is 0.242. The number of benzene rings is 2. The summed E-state index contributed by atoms with van der Waals surface area (Å²) in [6.07, 6.45) is -2.05. The summed E-state index contributed by atoms with van der Waals surface area (Å²) in [4.78, 5) is 12.2. The van der Waals surface area contributed by atoms with E-state index in [0.29, 0.717) is 22.5 Å². The van der Waals surface area contributed by atoms with Crippen molar-refractivity contribution in [3.63, 3.8) is 0 Å². The zero-order valence-electron chi connectivity index (χ0n) is 16.1. The van der Waals surface area contributed by atoms with Crippen LogP contribution in [0.2, 0.25) is 0 Å². The van der Waals surface area contributed by atoms with Crippen molar-refractivity contribution in [3.05, 3.63) is 83.3 Å². The number of pyridine rings is 1. The van der Waals surface area contributed by atoms with Crippen molar-refractivity contribution >= 4 is 5.91 Å². The van der Waals surface area contributed by atoms with E-state index in [0.717, 1.165) is 11.1 Å². The molecule has 1 aliphatic heterocycles. The molecule has 1 amide bonds. The molecule has 4 rings (SSSR count). The van der Waals surface area contributed by atoms with Crippen LogP contribution in [-0.4, -0.2) is 24.9 Å². The highest BCUT2D eigenvalue weighted by atomic mass is 19.4. The number of fused-ring (bicyclic) bond motifs is 1. The summed E-state index contributed by atoms with van der Waals surface area (Å²) in [6, 6.07) is 14.1. The summed E-state index contributed by atoms with van der Waals surface area (Å²) < 4.78 is 47.8. The van der Waals surface area contributed by atoms with Gasteiger partial charge in [-0.1, -0.05) is 18.2 Å². The van der Waals surface area contributed by atoms with Crippen LogP contribution in [0.4, 0.5) is 13.2 Å². The molecule has 0 saturated heterocycles. The average molecular weight is 430 g/mol. The van der Waals surface area contributed by atoms with Crippen LogP contribution in [0.3, 0.4) is 0 Å². The minimum atomic E-state index is -4.75. The van der Waals surface area contributed by atoms with Crippen LogP contribution in [-0.2, 0) is 6.42 Å². The Balaban J connectivity index is 1.41. The number of amides is 1. The zero-order valence-corrected chi connectivity index (χ0v) is 16.1. The fourth-order valence-electron chi connectivity index (χ4n) is 3.38. The second kappa shape index (κ2) is 8.17. The van der Waals surface area contributed by atoms with Crippen molar-refractivity contribution in [3.8, 4) is 22.6 Å². The Bertz CT molecular complexity index is 1120. The van der Waals surface area contributed by atoms with Crippen LogP contribution in [0.5, 0.6) is 11.5 Å². The molecule has 1 atom stereocenters. The van der Waals surface area contributed by atoms with E-state index in [-0.39, 0.29) is 29.9 Å². The van der Waals surface area contributed by atoms with Crippen molar-refractivity contribution in [2.45, 2.75) is 18.9 Å². The van der Waals surface area contributed by atoms with Crippen LogP contribution < -0.4 is 19.5 Å². The number of aromatic nitrogens is 1. The monoisotopic (exact) mass is 430 g/mol. The molecule has 0 spiro atoms. The quantitative estimate of drug-likeness (QED) is 0.496. The van der Waals surface area contributed by atoms with Crippen LogP contribution in [0.25, 0.3) is 11.1 Å². The van der Waals surface area contributed by atoms with Crippen LogP contribution in [0.1, 0.15) is 15.9 Å².